The summed E-state index contributed by atoms with van der Waals surface area (Å²) in [6.07, 6.45) is 2.68. The molecule has 0 aromatic carbocycles. The second kappa shape index (κ2) is 20.4. The van der Waals surface area contributed by atoms with Gasteiger partial charge in [-0.2, -0.15) is 0 Å². The lowest BCUT2D eigenvalue weighted by Gasteiger charge is -2.25. The molecule has 1 aliphatic rings. The summed E-state index contributed by atoms with van der Waals surface area (Å²) in [4.78, 5) is 35.2. The van der Waals surface area contributed by atoms with Gasteiger partial charge in [0.05, 0.1) is 84.0 Å². The molecule has 0 radical (unpaired) electrons. The zero-order valence-electron chi connectivity index (χ0n) is 23.7. The highest BCUT2D eigenvalue weighted by molar-refractivity contribution is 14.1. The normalized spacial score (nSPS) is 17.4. The van der Waals surface area contributed by atoms with Crippen LogP contribution in [0, 0.1) is 0 Å². The predicted molar refractivity (Wildman–Crippen MR) is 159 cm³/mol. The molecule has 0 spiro atoms. The number of carbonyl (C=O) groups excluding carboxylic acids is 2. The minimum Gasteiger partial charge on any atom is -0.480 e. The molecule has 2 heterocycles. The van der Waals surface area contributed by atoms with E-state index >= 15 is 0 Å². The number of hydrogen-bond acceptors (Lipinski definition) is 11. The quantitative estimate of drug-likeness (QED) is 0.0823. The minimum atomic E-state index is -1.09. The molecule has 0 saturated carbocycles. The van der Waals surface area contributed by atoms with E-state index < -0.39 is 23.2 Å². The summed E-state index contributed by atoms with van der Waals surface area (Å²) in [5, 5.41) is 21.5. The fourth-order valence-corrected chi connectivity index (χ4v) is 4.65. The molecule has 1 aromatic heterocycles. The maximum Gasteiger partial charge on any atom is 0.327 e. The van der Waals surface area contributed by atoms with E-state index in [1.165, 1.54) is 0 Å². The maximum absolute atomic E-state index is 12.2. The summed E-state index contributed by atoms with van der Waals surface area (Å²) < 4.78 is 29.4. The molecule has 0 aliphatic carbocycles. The van der Waals surface area contributed by atoms with E-state index in [9.17, 15) is 14.4 Å². The molecule has 16 heteroatoms. The van der Waals surface area contributed by atoms with Crippen molar-refractivity contribution in [2.75, 3.05) is 71.8 Å². The number of carboxylic acids is 1. The molecule has 2 unspecified atom stereocenters. The number of thioether (sulfide) groups is 1. The van der Waals surface area contributed by atoms with E-state index in [0.29, 0.717) is 71.7 Å². The van der Waals surface area contributed by atoms with Crippen LogP contribution < -0.4 is 10.6 Å². The average Bonchev–Trinajstić information content (AvgIpc) is 3.37. The van der Waals surface area contributed by atoms with Gasteiger partial charge < -0.3 is 39.4 Å². The minimum absolute atomic E-state index is 0.0404. The SMILES string of the molecule is CC(C)(I)CCOCCOCCOCCOCCOCCn1cc(CNC(=O)CC2SCC(C(=O)O)NC2=O)nn1. The number of nitrogens with zero attached hydrogens (tertiary/aromatic N) is 3. The summed E-state index contributed by atoms with van der Waals surface area (Å²) in [6, 6.07) is -0.923. The van der Waals surface area contributed by atoms with Crippen molar-refractivity contribution in [3.8, 4) is 0 Å². The summed E-state index contributed by atoms with van der Waals surface area (Å²) in [5.74, 6) is -1.63. The van der Waals surface area contributed by atoms with Gasteiger partial charge in [0.25, 0.3) is 0 Å². The van der Waals surface area contributed by atoms with Crippen LogP contribution >= 0.6 is 34.4 Å². The smallest absolute Gasteiger partial charge is 0.327 e. The lowest BCUT2D eigenvalue weighted by molar-refractivity contribution is -0.141. The second-order valence-electron chi connectivity index (χ2n) is 9.71. The zero-order valence-corrected chi connectivity index (χ0v) is 26.7. The maximum atomic E-state index is 12.2. The molecule has 41 heavy (non-hydrogen) atoms. The third kappa shape index (κ3) is 17.2. The molecule has 1 fully saturated rings. The van der Waals surface area contributed by atoms with Crippen molar-refractivity contribution in [2.45, 2.75) is 54.5 Å². The number of carboxylic acid groups (broad SMARTS) is 1. The Morgan fingerprint density at radius 2 is 1.61 bits per heavy atom. The van der Waals surface area contributed by atoms with Gasteiger partial charge in [0.2, 0.25) is 11.8 Å². The topological polar surface area (TPSA) is 172 Å². The monoisotopic (exact) mass is 715 g/mol. The van der Waals surface area contributed by atoms with Gasteiger partial charge >= 0.3 is 5.97 Å². The second-order valence-corrected chi connectivity index (χ2v) is 13.9. The van der Waals surface area contributed by atoms with Crippen LogP contribution in [0.15, 0.2) is 6.20 Å². The summed E-state index contributed by atoms with van der Waals surface area (Å²) in [5.41, 5.74) is 0.572. The molecule has 2 atom stereocenters. The van der Waals surface area contributed by atoms with Crippen molar-refractivity contribution >= 4 is 52.1 Å². The molecule has 1 aliphatic heterocycles. The van der Waals surface area contributed by atoms with Crippen molar-refractivity contribution in [3.05, 3.63) is 11.9 Å². The first-order valence-corrected chi connectivity index (χ1v) is 15.6. The molecular weight excluding hydrogens is 673 g/mol. The first kappa shape index (κ1) is 35.6. The Kier molecular flexibility index (Phi) is 17.7. The number of nitrogens with one attached hydrogen (secondary N) is 2. The number of hydrogen-bond donors (Lipinski definition) is 3. The van der Waals surface area contributed by atoms with Crippen LogP contribution in [0.2, 0.25) is 0 Å². The lowest BCUT2D eigenvalue weighted by Crippen LogP contribution is -2.51. The van der Waals surface area contributed by atoms with Crippen LogP contribution in [-0.4, -0.2) is 124 Å². The molecule has 14 nitrogen and oxygen atoms in total. The average molecular weight is 716 g/mol. The number of alkyl halides is 1. The Balaban J connectivity index is 1.38. The van der Waals surface area contributed by atoms with E-state index in [2.05, 4.69) is 57.4 Å². The lowest BCUT2D eigenvalue weighted by atomic mass is 10.1. The van der Waals surface area contributed by atoms with E-state index in [1.807, 2.05) is 0 Å². The van der Waals surface area contributed by atoms with E-state index in [-0.39, 0.29) is 28.0 Å². The number of aliphatic carboxylic acids is 1. The summed E-state index contributed by atoms with van der Waals surface area (Å²) >= 11 is 3.58. The Labute approximate surface area is 258 Å². The van der Waals surface area contributed by atoms with Crippen molar-refractivity contribution in [3.63, 3.8) is 0 Å². The Bertz CT molecular complexity index is 918. The molecule has 1 saturated heterocycles. The number of aromatic nitrogens is 3. The standard InChI is InChI=1S/C25H42IN5O9S/c1-25(2,26)3-5-36-7-9-38-11-13-40-14-12-39-10-8-37-6-4-31-17-19(29-30-31)16-27-22(32)15-21-23(33)28-20(18-41-21)24(34)35/h17,20-21H,3-16,18H2,1-2H3,(H,27,32)(H,28,33)(H,34,35). The highest BCUT2D eigenvalue weighted by Gasteiger charge is 2.33. The molecule has 1 aromatic rings. The zero-order chi connectivity index (χ0) is 29.9. The first-order chi connectivity index (χ1) is 19.6. The summed E-state index contributed by atoms with van der Waals surface area (Å²) in [7, 11) is 0. The number of ether oxygens (including phenoxy) is 5. The van der Waals surface area contributed by atoms with Gasteiger partial charge in [-0.25, -0.2) is 9.48 Å². The molecule has 0 bridgehead atoms. The molecule has 2 rings (SSSR count). The fraction of sp³-hybridized carbons (Fsp3) is 0.800. The van der Waals surface area contributed by atoms with Gasteiger partial charge in [0.15, 0.2) is 0 Å². The first-order valence-electron chi connectivity index (χ1n) is 13.5. The van der Waals surface area contributed by atoms with Gasteiger partial charge in [0, 0.05) is 22.2 Å². The molecule has 2 amide bonds. The van der Waals surface area contributed by atoms with Crippen LogP contribution in [0.4, 0.5) is 0 Å². The van der Waals surface area contributed by atoms with Crippen LogP contribution in [0.3, 0.4) is 0 Å². The number of carbonyl (C=O) groups is 3. The van der Waals surface area contributed by atoms with Crippen molar-refractivity contribution in [1.82, 2.24) is 25.6 Å². The van der Waals surface area contributed by atoms with Gasteiger partial charge in [-0.1, -0.05) is 41.7 Å². The Morgan fingerprint density at radius 3 is 2.15 bits per heavy atom. The van der Waals surface area contributed by atoms with Crippen molar-refractivity contribution in [1.29, 1.82) is 0 Å². The van der Waals surface area contributed by atoms with Crippen LogP contribution in [0.5, 0.6) is 0 Å². The van der Waals surface area contributed by atoms with E-state index in [1.54, 1.807) is 10.9 Å². The molecule has 234 valence electrons. The predicted octanol–water partition coefficient (Wildman–Crippen LogP) is 0.656. The largest absolute Gasteiger partial charge is 0.480 e. The highest BCUT2D eigenvalue weighted by Crippen LogP contribution is 2.21. The Hall–Kier alpha value is -1.57. The van der Waals surface area contributed by atoms with Crippen LogP contribution in [-0.2, 0) is 51.2 Å². The number of amides is 2. The van der Waals surface area contributed by atoms with Gasteiger partial charge in [-0.3, -0.25) is 9.59 Å². The third-order valence-electron chi connectivity index (χ3n) is 5.59. The fourth-order valence-electron chi connectivity index (χ4n) is 3.29. The number of halogens is 1. The highest BCUT2D eigenvalue weighted by atomic mass is 127. The van der Waals surface area contributed by atoms with Gasteiger partial charge in [-0.05, 0) is 6.42 Å². The van der Waals surface area contributed by atoms with Crippen LogP contribution in [0.1, 0.15) is 32.4 Å². The van der Waals surface area contributed by atoms with Gasteiger partial charge in [0.1, 0.15) is 11.7 Å². The van der Waals surface area contributed by atoms with E-state index in [4.69, 9.17) is 28.8 Å². The summed E-state index contributed by atoms with van der Waals surface area (Å²) in [6.45, 7) is 10.2. The molecular formula is C25H42IN5O9S. The Morgan fingerprint density at radius 1 is 1.05 bits per heavy atom. The molecule has 3 N–H and O–H groups in total. The van der Waals surface area contributed by atoms with E-state index in [0.717, 1.165) is 24.8 Å². The van der Waals surface area contributed by atoms with Gasteiger partial charge in [-0.15, -0.1) is 16.9 Å². The van der Waals surface area contributed by atoms with Crippen LogP contribution in [0.25, 0.3) is 0 Å². The third-order valence-corrected chi connectivity index (χ3v) is 7.44. The number of rotatable bonds is 23. The van der Waals surface area contributed by atoms with Crippen molar-refractivity contribution < 1.29 is 43.2 Å². The van der Waals surface area contributed by atoms with Crippen molar-refractivity contribution in [2.24, 2.45) is 0 Å².